The molecule has 0 heterocycles. The Morgan fingerprint density at radius 1 is 1.52 bits per heavy atom. The third kappa shape index (κ3) is 4.32. The van der Waals surface area contributed by atoms with Crippen LogP contribution in [-0.4, -0.2) is 46.2 Å². The molecule has 0 bridgehead atoms. The summed E-state index contributed by atoms with van der Waals surface area (Å²) >= 11 is 1.33. The van der Waals surface area contributed by atoms with E-state index >= 15 is 0 Å². The highest BCUT2D eigenvalue weighted by molar-refractivity contribution is 7.98. The Morgan fingerprint density at radius 3 is 2.67 bits per heavy atom. The lowest BCUT2D eigenvalue weighted by Crippen LogP contribution is -2.36. The molecule has 8 heteroatoms. The molecule has 0 saturated carbocycles. The van der Waals surface area contributed by atoms with Crippen LogP contribution in [0.15, 0.2) is 35.7 Å². The summed E-state index contributed by atoms with van der Waals surface area (Å²) in [6.45, 7) is 2.89. The van der Waals surface area contributed by atoms with Gasteiger partial charge in [-0.05, 0) is 18.4 Å². The highest BCUT2D eigenvalue weighted by Crippen LogP contribution is 2.26. The number of hydrogen-bond acceptors (Lipinski definition) is 5. The quantitative estimate of drug-likeness (QED) is 0.358. The molecule has 0 spiro atoms. The predicted octanol–water partition coefficient (Wildman–Crippen LogP) is 2.03. The predicted molar refractivity (Wildman–Crippen MR) is 78.6 cm³/mol. The van der Waals surface area contributed by atoms with Crippen LogP contribution in [0.5, 0.6) is 0 Å². The molecule has 1 N–H and O–H groups in total. The van der Waals surface area contributed by atoms with Gasteiger partial charge in [-0.25, -0.2) is 0 Å². The average Bonchev–Trinajstić information content (AvgIpc) is 2.44. The number of aliphatic carboxylic acids is 1. The van der Waals surface area contributed by atoms with Crippen molar-refractivity contribution < 1.29 is 19.6 Å². The lowest BCUT2D eigenvalue weighted by atomic mass is 10.1. The van der Waals surface area contributed by atoms with Crippen molar-refractivity contribution in [2.75, 3.05) is 19.3 Å². The number of carboxylic acid groups (broad SMARTS) is 1. The van der Waals surface area contributed by atoms with Gasteiger partial charge in [0.25, 0.3) is 11.6 Å². The Kier molecular flexibility index (Phi) is 5.92. The molecule has 21 heavy (non-hydrogen) atoms. The first kappa shape index (κ1) is 16.7. The van der Waals surface area contributed by atoms with E-state index in [4.69, 9.17) is 5.11 Å². The number of amides is 1. The highest BCUT2D eigenvalue weighted by Gasteiger charge is 2.25. The van der Waals surface area contributed by atoms with E-state index < -0.39 is 23.3 Å². The van der Waals surface area contributed by atoms with E-state index in [9.17, 15) is 19.7 Å². The normalized spacial score (nSPS) is 9.95. The van der Waals surface area contributed by atoms with Crippen molar-refractivity contribution in [2.24, 2.45) is 0 Å². The van der Waals surface area contributed by atoms with Crippen LogP contribution in [0.2, 0.25) is 0 Å². The zero-order valence-corrected chi connectivity index (χ0v) is 12.1. The van der Waals surface area contributed by atoms with Gasteiger partial charge in [0.05, 0.1) is 4.92 Å². The van der Waals surface area contributed by atoms with Gasteiger partial charge in [-0.1, -0.05) is 6.08 Å². The Balaban J connectivity index is 3.26. The molecule has 1 aromatic carbocycles. The van der Waals surface area contributed by atoms with Crippen LogP contribution in [0.3, 0.4) is 0 Å². The second-order valence-electron chi connectivity index (χ2n) is 4.01. The molecule has 0 aromatic heterocycles. The van der Waals surface area contributed by atoms with E-state index in [1.807, 2.05) is 0 Å². The van der Waals surface area contributed by atoms with Gasteiger partial charge in [-0.2, -0.15) is 0 Å². The zero-order chi connectivity index (χ0) is 16.0. The largest absolute Gasteiger partial charge is 0.480 e. The molecule has 0 aliphatic carbocycles. The fourth-order valence-corrected chi connectivity index (χ4v) is 2.12. The first-order valence-electron chi connectivity index (χ1n) is 5.85. The van der Waals surface area contributed by atoms with Gasteiger partial charge in [0.2, 0.25) is 0 Å². The van der Waals surface area contributed by atoms with Crippen molar-refractivity contribution in [1.29, 1.82) is 0 Å². The summed E-state index contributed by atoms with van der Waals surface area (Å²) in [5.41, 5.74) is -0.479. The molecule has 0 unspecified atom stereocenters. The summed E-state index contributed by atoms with van der Waals surface area (Å²) in [5, 5.41) is 19.8. The molecule has 0 radical (unpaired) electrons. The third-order valence-corrected chi connectivity index (χ3v) is 3.32. The van der Waals surface area contributed by atoms with E-state index in [0.29, 0.717) is 4.90 Å². The molecule has 112 valence electrons. The minimum atomic E-state index is -1.20. The van der Waals surface area contributed by atoms with E-state index in [0.717, 1.165) is 4.90 Å². The van der Waals surface area contributed by atoms with Gasteiger partial charge in [0.1, 0.15) is 12.1 Å². The number of rotatable bonds is 7. The van der Waals surface area contributed by atoms with Crippen molar-refractivity contribution in [3.63, 3.8) is 0 Å². The number of thioether (sulfide) groups is 1. The molecule has 1 aromatic rings. The summed E-state index contributed by atoms with van der Waals surface area (Å²) in [4.78, 5) is 35.2. The minimum absolute atomic E-state index is 0.00815. The smallest absolute Gasteiger partial charge is 0.323 e. The Morgan fingerprint density at radius 2 is 2.19 bits per heavy atom. The van der Waals surface area contributed by atoms with Crippen molar-refractivity contribution in [3.05, 3.63) is 46.5 Å². The zero-order valence-electron chi connectivity index (χ0n) is 11.3. The summed E-state index contributed by atoms with van der Waals surface area (Å²) in [5.74, 6) is -1.91. The van der Waals surface area contributed by atoms with Crippen LogP contribution in [0.4, 0.5) is 5.69 Å². The number of nitrogens with zero attached hydrogens (tertiary/aromatic N) is 2. The van der Waals surface area contributed by atoms with Gasteiger partial charge in [0, 0.05) is 17.5 Å². The minimum Gasteiger partial charge on any atom is -0.480 e. The maximum atomic E-state index is 12.4. The van der Waals surface area contributed by atoms with E-state index in [1.54, 1.807) is 6.26 Å². The second-order valence-corrected chi connectivity index (χ2v) is 4.89. The molecule has 7 nitrogen and oxygen atoms in total. The summed E-state index contributed by atoms with van der Waals surface area (Å²) in [6, 6.07) is 4.17. The number of nitro benzene ring substituents is 1. The molecule has 0 aliphatic heterocycles. The van der Waals surface area contributed by atoms with Gasteiger partial charge >= 0.3 is 5.97 Å². The van der Waals surface area contributed by atoms with Crippen LogP contribution < -0.4 is 0 Å². The van der Waals surface area contributed by atoms with Crippen LogP contribution in [0, 0.1) is 10.1 Å². The average molecular weight is 310 g/mol. The third-order valence-electron chi connectivity index (χ3n) is 2.59. The number of hydrogen-bond donors (Lipinski definition) is 1. The molecule has 0 atom stereocenters. The number of carbonyl (C=O) groups is 2. The molecule has 1 rings (SSSR count). The Labute approximate surface area is 125 Å². The van der Waals surface area contributed by atoms with Gasteiger partial charge < -0.3 is 10.0 Å². The van der Waals surface area contributed by atoms with Crippen molar-refractivity contribution in [3.8, 4) is 0 Å². The fourth-order valence-electron chi connectivity index (χ4n) is 1.68. The summed E-state index contributed by atoms with van der Waals surface area (Å²) < 4.78 is 0. The lowest BCUT2D eigenvalue weighted by molar-refractivity contribution is -0.385. The Bertz CT molecular complexity index is 588. The second kappa shape index (κ2) is 7.44. The molecule has 0 saturated heterocycles. The van der Waals surface area contributed by atoms with Crippen molar-refractivity contribution in [1.82, 2.24) is 4.90 Å². The van der Waals surface area contributed by atoms with Crippen LogP contribution in [0.1, 0.15) is 10.4 Å². The van der Waals surface area contributed by atoms with E-state index in [-0.39, 0.29) is 17.8 Å². The summed E-state index contributed by atoms with van der Waals surface area (Å²) in [7, 11) is 0. The van der Waals surface area contributed by atoms with Crippen LogP contribution in [-0.2, 0) is 4.79 Å². The SMILES string of the molecule is C=CCN(CC(=O)O)C(=O)c1cc(SC)ccc1[N+](=O)[O-]. The molecule has 0 aliphatic rings. The number of benzene rings is 1. The first-order valence-corrected chi connectivity index (χ1v) is 7.07. The maximum Gasteiger partial charge on any atom is 0.323 e. The van der Waals surface area contributed by atoms with Gasteiger partial charge in [-0.15, -0.1) is 18.3 Å². The van der Waals surface area contributed by atoms with Crippen molar-refractivity contribution >= 4 is 29.3 Å². The molecular weight excluding hydrogens is 296 g/mol. The lowest BCUT2D eigenvalue weighted by Gasteiger charge is -2.19. The molecular formula is C13H14N2O5S. The number of carbonyl (C=O) groups excluding carboxylic acids is 1. The molecule has 0 fully saturated rings. The van der Waals surface area contributed by atoms with Gasteiger partial charge in [0.15, 0.2) is 0 Å². The Hall–Kier alpha value is -2.35. The van der Waals surface area contributed by atoms with E-state index in [2.05, 4.69) is 6.58 Å². The van der Waals surface area contributed by atoms with Crippen molar-refractivity contribution in [2.45, 2.75) is 4.90 Å². The number of carboxylic acids is 1. The molecule has 1 amide bonds. The van der Waals surface area contributed by atoms with Gasteiger partial charge in [-0.3, -0.25) is 19.7 Å². The maximum absolute atomic E-state index is 12.4. The van der Waals surface area contributed by atoms with E-state index in [1.165, 1.54) is 36.0 Å². The topological polar surface area (TPSA) is 101 Å². The van der Waals surface area contributed by atoms with Crippen LogP contribution in [0.25, 0.3) is 0 Å². The standard InChI is InChI=1S/C13H14N2O5S/c1-3-6-14(8-12(16)17)13(18)10-7-9(21-2)4-5-11(10)15(19)20/h3-5,7H,1,6,8H2,2H3,(H,16,17). The van der Waals surface area contributed by atoms with Crippen LogP contribution >= 0.6 is 11.8 Å². The highest BCUT2D eigenvalue weighted by atomic mass is 32.2. The summed E-state index contributed by atoms with van der Waals surface area (Å²) in [6.07, 6.45) is 3.14. The monoisotopic (exact) mass is 310 g/mol. The first-order chi connectivity index (χ1) is 9.90. The fraction of sp³-hybridized carbons (Fsp3) is 0.231. The number of nitro groups is 1.